The van der Waals surface area contributed by atoms with Crippen molar-refractivity contribution in [1.82, 2.24) is 15.0 Å². The first-order valence-corrected chi connectivity index (χ1v) is 11.2. The molecule has 1 aromatic heterocycles. The van der Waals surface area contributed by atoms with Gasteiger partial charge in [0.05, 0.1) is 36.0 Å². The monoisotopic (exact) mass is 440 g/mol. The number of halogens is 2. The molecule has 2 aliphatic rings. The number of aromatic nitrogens is 3. The highest BCUT2D eigenvalue weighted by molar-refractivity contribution is 7.91. The lowest BCUT2D eigenvalue weighted by molar-refractivity contribution is 0.128. The van der Waals surface area contributed by atoms with Crippen molar-refractivity contribution < 1.29 is 22.3 Å². The lowest BCUT2D eigenvalue weighted by atomic mass is 10.0. The number of nitrogens with zero attached hydrogens (tertiary/aromatic N) is 4. The van der Waals surface area contributed by atoms with E-state index in [0.29, 0.717) is 22.5 Å². The van der Waals surface area contributed by atoms with Crippen molar-refractivity contribution in [2.24, 2.45) is 0 Å². The van der Waals surface area contributed by atoms with Crippen molar-refractivity contribution in [3.63, 3.8) is 0 Å². The first-order valence-electron chi connectivity index (χ1n) is 8.96. The summed E-state index contributed by atoms with van der Waals surface area (Å²) >= 11 is 5.89. The number of anilines is 1. The fraction of sp³-hybridized carbons (Fsp3) is 0.389. The molecule has 0 bridgehead atoms. The Bertz CT molecular complexity index is 1120. The Morgan fingerprint density at radius 2 is 2.17 bits per heavy atom. The van der Waals surface area contributed by atoms with Crippen molar-refractivity contribution in [3.8, 4) is 0 Å². The van der Waals surface area contributed by atoms with Crippen molar-refractivity contribution >= 4 is 38.8 Å². The van der Waals surface area contributed by atoms with Gasteiger partial charge in [-0.05, 0) is 37.1 Å². The van der Waals surface area contributed by atoms with E-state index < -0.39 is 27.9 Å². The van der Waals surface area contributed by atoms with Gasteiger partial charge in [-0.1, -0.05) is 22.9 Å². The zero-order valence-electron chi connectivity index (χ0n) is 15.5. The van der Waals surface area contributed by atoms with Crippen molar-refractivity contribution in [3.05, 3.63) is 46.5 Å². The zero-order chi connectivity index (χ0) is 20.8. The summed E-state index contributed by atoms with van der Waals surface area (Å²) in [4.78, 5) is 13.6. The van der Waals surface area contributed by atoms with E-state index in [2.05, 4.69) is 10.3 Å². The molecule has 0 N–H and O–H groups in total. The molecule has 1 amide bonds. The molecule has 8 nitrogen and oxygen atoms in total. The molecule has 11 heteroatoms. The highest BCUT2D eigenvalue weighted by Crippen LogP contribution is 2.30. The van der Waals surface area contributed by atoms with Crippen LogP contribution in [-0.2, 0) is 21.1 Å². The van der Waals surface area contributed by atoms with Gasteiger partial charge in [0.2, 0.25) is 0 Å². The molecule has 1 saturated heterocycles. The first kappa shape index (κ1) is 19.8. The predicted octanol–water partition coefficient (Wildman–Crippen LogP) is 2.61. The number of amides is 1. The van der Waals surface area contributed by atoms with Gasteiger partial charge in [-0.15, -0.1) is 5.10 Å². The van der Waals surface area contributed by atoms with Gasteiger partial charge in [-0.2, -0.15) is 0 Å². The van der Waals surface area contributed by atoms with E-state index in [1.54, 1.807) is 29.8 Å². The molecule has 2 aromatic rings. The maximum atomic E-state index is 14.7. The highest BCUT2D eigenvalue weighted by Gasteiger charge is 2.33. The molecule has 1 aromatic carbocycles. The number of ether oxygens (including phenoxy) is 1. The molecular weight excluding hydrogens is 423 g/mol. The number of hydrogen-bond donors (Lipinski definition) is 0. The largest absolute Gasteiger partial charge is 0.442 e. The maximum Gasteiger partial charge on any atom is 0.414 e. The second kappa shape index (κ2) is 7.42. The SMILES string of the molecule is Cc1c(Cl)nnn1C[C@H]1CN(c2ccc(C3=CCS(=O)(=O)CC3)c(F)c2)C(=O)O1. The molecule has 4 rings (SSSR count). The molecular formula is C18H18ClFN4O4S. The minimum atomic E-state index is -3.09. The maximum absolute atomic E-state index is 14.7. The van der Waals surface area contributed by atoms with E-state index in [0.717, 1.165) is 0 Å². The molecule has 0 spiro atoms. The van der Waals surface area contributed by atoms with Crippen LogP contribution in [0, 0.1) is 12.7 Å². The van der Waals surface area contributed by atoms with Crippen LogP contribution >= 0.6 is 11.6 Å². The summed E-state index contributed by atoms with van der Waals surface area (Å²) in [5.41, 5.74) is 2.04. The molecule has 29 heavy (non-hydrogen) atoms. The van der Waals surface area contributed by atoms with E-state index in [1.165, 1.54) is 11.0 Å². The van der Waals surface area contributed by atoms with Crippen LogP contribution in [0.25, 0.3) is 5.57 Å². The summed E-state index contributed by atoms with van der Waals surface area (Å²) in [5, 5.41) is 7.95. The summed E-state index contributed by atoms with van der Waals surface area (Å²) in [7, 11) is -3.09. The molecule has 154 valence electrons. The normalized spacial score (nSPS) is 21.2. The van der Waals surface area contributed by atoms with Crippen LogP contribution in [0.2, 0.25) is 5.15 Å². The summed E-state index contributed by atoms with van der Waals surface area (Å²) in [5.74, 6) is -0.593. The molecule has 0 saturated carbocycles. The van der Waals surface area contributed by atoms with Gasteiger partial charge in [0.25, 0.3) is 0 Å². The Labute approximate surface area is 171 Å². The van der Waals surface area contributed by atoms with Gasteiger partial charge >= 0.3 is 6.09 Å². The molecule has 2 aliphatic heterocycles. The lowest BCUT2D eigenvalue weighted by Crippen LogP contribution is -2.26. The predicted molar refractivity (Wildman–Crippen MR) is 105 cm³/mol. The summed E-state index contributed by atoms with van der Waals surface area (Å²) in [6, 6.07) is 4.46. The summed E-state index contributed by atoms with van der Waals surface area (Å²) in [6.07, 6.45) is 0.761. The third-order valence-electron chi connectivity index (χ3n) is 5.05. The quantitative estimate of drug-likeness (QED) is 0.725. The zero-order valence-corrected chi connectivity index (χ0v) is 17.1. The van der Waals surface area contributed by atoms with E-state index in [-0.39, 0.29) is 36.2 Å². The number of cyclic esters (lactones) is 1. The summed E-state index contributed by atoms with van der Waals surface area (Å²) in [6.45, 7) is 2.28. The van der Waals surface area contributed by atoms with Crippen LogP contribution in [-0.4, -0.2) is 53.7 Å². The van der Waals surface area contributed by atoms with Crippen LogP contribution in [0.4, 0.5) is 14.9 Å². The number of hydrogen-bond acceptors (Lipinski definition) is 6. The van der Waals surface area contributed by atoms with Crippen molar-refractivity contribution in [1.29, 1.82) is 0 Å². The van der Waals surface area contributed by atoms with Crippen LogP contribution in [0.15, 0.2) is 24.3 Å². The average molecular weight is 441 g/mol. The average Bonchev–Trinajstić information content (AvgIpc) is 3.19. The van der Waals surface area contributed by atoms with Crippen LogP contribution < -0.4 is 4.90 Å². The molecule has 0 unspecified atom stereocenters. The number of carbonyl (C=O) groups is 1. The van der Waals surface area contributed by atoms with Gasteiger partial charge in [-0.25, -0.2) is 22.3 Å². The number of sulfone groups is 1. The second-order valence-electron chi connectivity index (χ2n) is 7.02. The lowest BCUT2D eigenvalue weighted by Gasteiger charge is -2.17. The Balaban J connectivity index is 1.50. The second-order valence-corrected chi connectivity index (χ2v) is 9.61. The van der Waals surface area contributed by atoms with E-state index >= 15 is 0 Å². The third-order valence-corrected chi connectivity index (χ3v) is 6.90. The minimum Gasteiger partial charge on any atom is -0.442 e. The number of rotatable bonds is 4. The summed E-state index contributed by atoms with van der Waals surface area (Å²) < 4.78 is 44.7. The topological polar surface area (TPSA) is 94.4 Å². The van der Waals surface area contributed by atoms with Crippen LogP contribution in [0.5, 0.6) is 0 Å². The van der Waals surface area contributed by atoms with Gasteiger partial charge in [0.1, 0.15) is 11.9 Å². The third kappa shape index (κ3) is 3.99. The van der Waals surface area contributed by atoms with E-state index in [1.807, 2.05) is 0 Å². The Hall–Kier alpha value is -2.46. The molecule has 0 radical (unpaired) electrons. The van der Waals surface area contributed by atoms with Crippen molar-refractivity contribution in [2.75, 3.05) is 23.0 Å². The number of benzene rings is 1. The molecule has 3 heterocycles. The van der Waals surface area contributed by atoms with E-state index in [4.69, 9.17) is 16.3 Å². The highest BCUT2D eigenvalue weighted by atomic mass is 35.5. The standard InChI is InChI=1S/C18H18ClFN4O4S/c1-11-17(19)21-22-24(11)10-14-9-23(18(25)28-14)13-2-3-15(16(20)8-13)12-4-6-29(26,27)7-5-12/h2-4,8,14H,5-7,9-10H2,1H3/t14-/m1/s1. The smallest absolute Gasteiger partial charge is 0.414 e. The Morgan fingerprint density at radius 3 is 2.79 bits per heavy atom. The molecule has 1 atom stereocenters. The van der Waals surface area contributed by atoms with Gasteiger partial charge < -0.3 is 4.74 Å². The van der Waals surface area contributed by atoms with Crippen LogP contribution in [0.1, 0.15) is 17.7 Å². The molecule has 1 fully saturated rings. The number of allylic oxidation sites excluding steroid dienone is 1. The van der Waals surface area contributed by atoms with Crippen molar-refractivity contribution in [2.45, 2.75) is 26.0 Å². The number of carbonyl (C=O) groups excluding carboxylic acids is 1. The fourth-order valence-corrected chi connectivity index (χ4v) is 4.67. The fourth-order valence-electron chi connectivity index (χ4n) is 3.39. The molecule has 0 aliphatic carbocycles. The Kier molecular flexibility index (Phi) is 5.07. The van der Waals surface area contributed by atoms with E-state index in [9.17, 15) is 17.6 Å². The minimum absolute atomic E-state index is 0.00583. The van der Waals surface area contributed by atoms with Crippen LogP contribution in [0.3, 0.4) is 0 Å². The van der Waals surface area contributed by atoms with Gasteiger partial charge in [-0.3, -0.25) is 4.90 Å². The first-order chi connectivity index (χ1) is 13.7. The van der Waals surface area contributed by atoms with Gasteiger partial charge in [0.15, 0.2) is 15.0 Å². The van der Waals surface area contributed by atoms with Gasteiger partial charge in [0, 0.05) is 5.56 Å². The Morgan fingerprint density at radius 1 is 1.38 bits per heavy atom.